The lowest BCUT2D eigenvalue weighted by atomic mass is 10.2. The van der Waals surface area contributed by atoms with Crippen LogP contribution in [0.15, 0.2) is 62.7 Å². The molecule has 0 fully saturated rings. The number of para-hydroxylation sites is 1. The molecule has 4 rings (SSSR count). The van der Waals surface area contributed by atoms with Crippen molar-refractivity contribution in [3.05, 3.63) is 53.0 Å². The van der Waals surface area contributed by atoms with Crippen LogP contribution in [0.25, 0.3) is 6.20 Å². The molecule has 2 aromatic carbocycles. The van der Waals surface area contributed by atoms with Gasteiger partial charge in [0.25, 0.3) is 0 Å². The van der Waals surface area contributed by atoms with Crippen LogP contribution in [0.3, 0.4) is 0 Å². The molecule has 0 spiro atoms. The van der Waals surface area contributed by atoms with Crippen molar-refractivity contribution in [2.75, 3.05) is 0 Å². The predicted molar refractivity (Wildman–Crippen MR) is 70.4 cm³/mol. The third-order valence-corrected chi connectivity index (χ3v) is 2.87. The van der Waals surface area contributed by atoms with Crippen LogP contribution in [0.4, 0.5) is 11.4 Å². The van der Waals surface area contributed by atoms with Gasteiger partial charge in [0.2, 0.25) is 0 Å². The highest BCUT2D eigenvalue weighted by Gasteiger charge is 2.13. The summed E-state index contributed by atoms with van der Waals surface area (Å²) in [6, 6.07) is 13.6. The molecule has 90 valence electrons. The molecule has 2 aliphatic heterocycles. The summed E-state index contributed by atoms with van der Waals surface area (Å²) in [5, 5.41) is 9.58. The summed E-state index contributed by atoms with van der Waals surface area (Å²) in [4.78, 5) is 8.69. The van der Waals surface area contributed by atoms with Crippen LogP contribution in [-0.2, 0) is 0 Å². The number of hydrogen-bond acceptors (Lipinski definition) is 5. The largest absolute Gasteiger partial charge is 0.424 e. The number of nitrogens with zero attached hydrogens (tertiary/aromatic N) is 4. The van der Waals surface area contributed by atoms with Crippen LogP contribution < -0.4 is 15.3 Å². The summed E-state index contributed by atoms with van der Waals surface area (Å²) in [6.07, 6.45) is 1.71. The Morgan fingerprint density at radius 1 is 0.895 bits per heavy atom. The van der Waals surface area contributed by atoms with Gasteiger partial charge in [-0.05, 0) is 24.3 Å². The second kappa shape index (κ2) is 3.84. The summed E-state index contributed by atoms with van der Waals surface area (Å²) in [5.41, 5.74) is 1.60. The maximum Gasteiger partial charge on any atom is 0.323 e. The Bertz CT molecular complexity index is 838. The van der Waals surface area contributed by atoms with E-state index in [0.717, 1.165) is 27.7 Å². The van der Waals surface area contributed by atoms with Crippen molar-refractivity contribution in [2.45, 2.75) is 0 Å². The zero-order valence-electron chi connectivity index (χ0n) is 9.82. The van der Waals surface area contributed by atoms with Gasteiger partial charge in [0.1, 0.15) is 5.75 Å². The van der Waals surface area contributed by atoms with Crippen molar-refractivity contribution >= 4 is 23.6 Å². The molecule has 0 amide bonds. The predicted octanol–water partition coefficient (Wildman–Crippen LogP) is 2.22. The zero-order chi connectivity index (χ0) is 12.7. The smallest absolute Gasteiger partial charge is 0.323 e. The Morgan fingerprint density at radius 2 is 1.79 bits per heavy atom. The standard InChI is InChI=1S/C14H8N4O/c1-2-4-10(5-3-1)19-14-16-12-6-9-8-15-18-11(9)7-13(12)17-14/h1-8H. The average Bonchev–Trinajstić information content (AvgIpc) is 3.01. The number of rotatable bonds is 1. The molecule has 0 aromatic heterocycles. The maximum atomic E-state index is 5.61. The van der Waals surface area contributed by atoms with Gasteiger partial charge in [-0.25, -0.2) is 0 Å². The summed E-state index contributed by atoms with van der Waals surface area (Å²) in [6.45, 7) is 0. The molecule has 0 bridgehead atoms. The van der Waals surface area contributed by atoms with Crippen molar-refractivity contribution in [1.82, 2.24) is 0 Å². The van der Waals surface area contributed by atoms with E-state index in [4.69, 9.17) is 4.74 Å². The van der Waals surface area contributed by atoms with E-state index in [1.807, 2.05) is 42.5 Å². The molecule has 0 atom stereocenters. The highest BCUT2D eigenvalue weighted by molar-refractivity contribution is 5.83. The number of benzene rings is 2. The van der Waals surface area contributed by atoms with Crippen LogP contribution in [-0.4, -0.2) is 6.02 Å². The summed E-state index contributed by atoms with van der Waals surface area (Å²) in [7, 11) is 0. The van der Waals surface area contributed by atoms with E-state index in [1.54, 1.807) is 6.20 Å². The Hall–Kier alpha value is -2.82. The van der Waals surface area contributed by atoms with Crippen LogP contribution in [0.1, 0.15) is 0 Å². The second-order valence-corrected chi connectivity index (χ2v) is 4.17. The quantitative estimate of drug-likeness (QED) is 0.763. The molecule has 5 heteroatoms. The van der Waals surface area contributed by atoms with Gasteiger partial charge in [-0.2, -0.15) is 20.2 Å². The lowest BCUT2D eigenvalue weighted by Crippen LogP contribution is -2.07. The molecular weight excluding hydrogens is 240 g/mol. The van der Waals surface area contributed by atoms with E-state index < -0.39 is 0 Å². The SMILES string of the molecule is C1=c2cc3c(cc2N=N1)=NC(Oc1ccccc1)=N3. The van der Waals surface area contributed by atoms with E-state index in [1.165, 1.54) is 0 Å². The van der Waals surface area contributed by atoms with Crippen LogP contribution in [0, 0.1) is 0 Å². The number of fused-ring (bicyclic) bond motifs is 2. The monoisotopic (exact) mass is 248 g/mol. The lowest BCUT2D eigenvalue weighted by Gasteiger charge is -2.00. The van der Waals surface area contributed by atoms with Gasteiger partial charge in [-0.1, -0.05) is 18.2 Å². The van der Waals surface area contributed by atoms with Crippen LogP contribution >= 0.6 is 0 Å². The molecule has 0 unspecified atom stereocenters. The fourth-order valence-corrected chi connectivity index (χ4v) is 1.98. The molecule has 19 heavy (non-hydrogen) atoms. The first kappa shape index (κ1) is 10.1. The van der Waals surface area contributed by atoms with Gasteiger partial charge in [-0.15, -0.1) is 0 Å². The molecule has 2 aliphatic rings. The zero-order valence-corrected chi connectivity index (χ0v) is 9.82. The van der Waals surface area contributed by atoms with E-state index in [2.05, 4.69) is 20.2 Å². The van der Waals surface area contributed by atoms with Crippen LogP contribution in [0.2, 0.25) is 0 Å². The first-order chi connectivity index (χ1) is 9.38. The van der Waals surface area contributed by atoms with Gasteiger partial charge in [0.15, 0.2) is 0 Å². The molecule has 2 aromatic rings. The summed E-state index contributed by atoms with van der Waals surface area (Å²) in [5.74, 6) is 0.719. The Morgan fingerprint density at radius 3 is 2.68 bits per heavy atom. The minimum atomic E-state index is 0.349. The summed E-state index contributed by atoms with van der Waals surface area (Å²) < 4.78 is 5.61. The first-order valence-corrected chi connectivity index (χ1v) is 5.84. The third-order valence-electron chi connectivity index (χ3n) is 2.87. The number of hydrogen-bond donors (Lipinski definition) is 0. The van der Waals surface area contributed by atoms with Gasteiger partial charge in [0.05, 0.1) is 22.9 Å². The van der Waals surface area contributed by atoms with Gasteiger partial charge >= 0.3 is 6.02 Å². The van der Waals surface area contributed by atoms with E-state index in [-0.39, 0.29) is 0 Å². The van der Waals surface area contributed by atoms with Crippen molar-refractivity contribution in [3.63, 3.8) is 0 Å². The molecule has 5 nitrogen and oxygen atoms in total. The van der Waals surface area contributed by atoms with Crippen LogP contribution in [0.5, 0.6) is 5.75 Å². The maximum absolute atomic E-state index is 5.61. The molecule has 0 saturated heterocycles. The number of ether oxygens (including phenoxy) is 1. The molecule has 0 aliphatic carbocycles. The van der Waals surface area contributed by atoms with Gasteiger partial charge < -0.3 is 4.74 Å². The van der Waals surface area contributed by atoms with Crippen molar-refractivity contribution < 1.29 is 4.74 Å². The number of azo groups is 1. The highest BCUT2D eigenvalue weighted by atomic mass is 16.5. The number of aliphatic imine (C=N–C) groups is 1. The highest BCUT2D eigenvalue weighted by Crippen LogP contribution is 2.17. The normalized spacial score (nSPS) is 14.2. The van der Waals surface area contributed by atoms with Crippen molar-refractivity contribution in [1.29, 1.82) is 0 Å². The van der Waals surface area contributed by atoms with Gasteiger partial charge in [-0.3, -0.25) is 0 Å². The molecule has 2 heterocycles. The van der Waals surface area contributed by atoms with E-state index in [0.29, 0.717) is 6.02 Å². The van der Waals surface area contributed by atoms with E-state index in [9.17, 15) is 0 Å². The Kier molecular flexibility index (Phi) is 2.05. The minimum Gasteiger partial charge on any atom is -0.424 e. The first-order valence-electron chi connectivity index (χ1n) is 5.84. The Labute approximate surface area is 108 Å². The van der Waals surface area contributed by atoms with Gasteiger partial charge in [0, 0.05) is 5.22 Å². The topological polar surface area (TPSA) is 58.7 Å². The Balaban J connectivity index is 1.72. The molecule has 0 saturated carbocycles. The van der Waals surface area contributed by atoms with E-state index >= 15 is 0 Å². The van der Waals surface area contributed by atoms with Crippen molar-refractivity contribution in [3.8, 4) is 5.75 Å². The van der Waals surface area contributed by atoms with Crippen molar-refractivity contribution in [2.24, 2.45) is 20.2 Å². The second-order valence-electron chi connectivity index (χ2n) is 4.17. The molecular formula is C14H8N4O. The average molecular weight is 248 g/mol. The number of amidine groups is 1. The summed E-state index contributed by atoms with van der Waals surface area (Å²) >= 11 is 0. The minimum absolute atomic E-state index is 0.349. The lowest BCUT2D eigenvalue weighted by molar-refractivity contribution is 0.544. The molecule has 0 N–H and O–H groups in total. The molecule has 0 radical (unpaired) electrons. The fourth-order valence-electron chi connectivity index (χ4n) is 1.98. The fraction of sp³-hybridized carbons (Fsp3) is 0. The third kappa shape index (κ3) is 1.72.